The Labute approximate surface area is 154 Å². The molecular formula is C17H18IN3O3. The summed E-state index contributed by atoms with van der Waals surface area (Å²) in [7, 11) is 0. The molecule has 2 rings (SSSR count). The van der Waals surface area contributed by atoms with E-state index in [1.54, 1.807) is 6.07 Å². The highest BCUT2D eigenvalue weighted by atomic mass is 127. The van der Waals surface area contributed by atoms with Gasteiger partial charge in [-0.2, -0.15) is 5.10 Å². The van der Waals surface area contributed by atoms with Gasteiger partial charge in [-0.3, -0.25) is 0 Å². The molecule has 3 N–H and O–H groups in total. The maximum Gasteiger partial charge on any atom is 0.332 e. The fourth-order valence-electron chi connectivity index (χ4n) is 1.97. The number of carbonyl (C=O) groups is 1. The minimum Gasteiger partial charge on any atom is -0.490 e. The predicted octanol–water partition coefficient (Wildman–Crippen LogP) is 3.27. The molecule has 0 saturated carbocycles. The van der Waals surface area contributed by atoms with E-state index < -0.39 is 6.03 Å². The molecule has 0 atom stereocenters. The van der Waals surface area contributed by atoms with Gasteiger partial charge in [-0.25, -0.2) is 10.2 Å². The predicted molar refractivity (Wildman–Crippen MR) is 101 cm³/mol. The number of hydrogen-bond acceptors (Lipinski definition) is 4. The van der Waals surface area contributed by atoms with Crippen LogP contribution in [0, 0.1) is 3.57 Å². The first-order chi connectivity index (χ1) is 11.6. The number of amides is 2. The van der Waals surface area contributed by atoms with Crippen molar-refractivity contribution >= 4 is 34.8 Å². The summed E-state index contributed by atoms with van der Waals surface area (Å²) >= 11 is 2.18. The number of carbonyl (C=O) groups excluding carboxylic acids is 1. The van der Waals surface area contributed by atoms with E-state index in [9.17, 15) is 4.79 Å². The Balaban J connectivity index is 2.20. The van der Waals surface area contributed by atoms with Gasteiger partial charge in [0.05, 0.1) is 16.4 Å². The topological polar surface area (TPSA) is 85.9 Å². The van der Waals surface area contributed by atoms with Crippen molar-refractivity contribution in [3.05, 3.63) is 57.2 Å². The first kappa shape index (κ1) is 18.1. The Kier molecular flexibility index (Phi) is 6.86. The second kappa shape index (κ2) is 9.11. The van der Waals surface area contributed by atoms with Crippen molar-refractivity contribution in [1.29, 1.82) is 0 Å². The highest BCUT2D eigenvalue weighted by Crippen LogP contribution is 2.34. The minimum atomic E-state index is -0.714. The molecule has 2 amide bonds. The van der Waals surface area contributed by atoms with Crippen LogP contribution in [0.25, 0.3) is 0 Å². The molecule has 0 heterocycles. The van der Waals surface area contributed by atoms with Crippen molar-refractivity contribution in [3.8, 4) is 11.5 Å². The van der Waals surface area contributed by atoms with Crippen LogP contribution in [0.5, 0.6) is 11.5 Å². The second-order valence-electron chi connectivity index (χ2n) is 4.77. The normalized spacial score (nSPS) is 10.6. The van der Waals surface area contributed by atoms with Gasteiger partial charge in [0.25, 0.3) is 0 Å². The molecule has 0 spiro atoms. The van der Waals surface area contributed by atoms with Gasteiger partial charge in [0.1, 0.15) is 6.61 Å². The number of urea groups is 1. The molecular weight excluding hydrogens is 421 g/mol. The number of rotatable bonds is 7. The van der Waals surface area contributed by atoms with Crippen molar-refractivity contribution in [3.63, 3.8) is 0 Å². The average Bonchev–Trinajstić information content (AvgIpc) is 2.55. The summed E-state index contributed by atoms with van der Waals surface area (Å²) < 4.78 is 12.5. The van der Waals surface area contributed by atoms with E-state index in [0.717, 1.165) is 14.7 Å². The van der Waals surface area contributed by atoms with Crippen LogP contribution in [0.15, 0.2) is 47.6 Å². The maximum atomic E-state index is 10.7. The second-order valence-corrected chi connectivity index (χ2v) is 5.93. The summed E-state index contributed by atoms with van der Waals surface area (Å²) in [5, 5.41) is 3.76. The smallest absolute Gasteiger partial charge is 0.332 e. The lowest BCUT2D eigenvalue weighted by molar-refractivity contribution is 0.249. The summed E-state index contributed by atoms with van der Waals surface area (Å²) in [5.41, 5.74) is 8.98. The zero-order valence-corrected chi connectivity index (χ0v) is 15.3. The molecule has 0 fully saturated rings. The van der Waals surface area contributed by atoms with E-state index in [0.29, 0.717) is 24.7 Å². The molecule has 6 nitrogen and oxygen atoms in total. The van der Waals surface area contributed by atoms with Gasteiger partial charge in [-0.1, -0.05) is 30.3 Å². The summed E-state index contributed by atoms with van der Waals surface area (Å²) in [6, 6.07) is 12.9. The molecule has 0 bridgehead atoms. The Morgan fingerprint density at radius 3 is 2.71 bits per heavy atom. The quantitative estimate of drug-likeness (QED) is 0.395. The Bertz CT molecular complexity index is 721. The third-order valence-corrected chi connectivity index (χ3v) is 3.75. The zero-order valence-electron chi connectivity index (χ0n) is 13.2. The van der Waals surface area contributed by atoms with Crippen molar-refractivity contribution in [2.75, 3.05) is 6.61 Å². The van der Waals surface area contributed by atoms with Gasteiger partial charge in [-0.05, 0) is 52.8 Å². The lowest BCUT2D eigenvalue weighted by Crippen LogP contribution is -2.24. The fraction of sp³-hybridized carbons (Fsp3) is 0.176. The van der Waals surface area contributed by atoms with Gasteiger partial charge in [0.15, 0.2) is 11.5 Å². The Morgan fingerprint density at radius 1 is 1.29 bits per heavy atom. The van der Waals surface area contributed by atoms with Crippen molar-refractivity contribution in [2.24, 2.45) is 10.8 Å². The van der Waals surface area contributed by atoms with Crippen molar-refractivity contribution in [2.45, 2.75) is 13.5 Å². The van der Waals surface area contributed by atoms with Crippen LogP contribution in [-0.4, -0.2) is 18.9 Å². The Morgan fingerprint density at radius 2 is 2.04 bits per heavy atom. The number of ether oxygens (including phenoxy) is 2. The third-order valence-electron chi connectivity index (χ3n) is 2.95. The number of halogens is 1. The molecule has 0 aliphatic rings. The number of hydrazone groups is 1. The molecule has 2 aromatic carbocycles. The summed E-state index contributed by atoms with van der Waals surface area (Å²) in [6.45, 7) is 2.87. The number of nitrogens with zero attached hydrogens (tertiary/aromatic N) is 1. The third kappa shape index (κ3) is 5.41. The van der Waals surface area contributed by atoms with Crippen LogP contribution in [0.2, 0.25) is 0 Å². The molecule has 126 valence electrons. The maximum absolute atomic E-state index is 10.7. The van der Waals surface area contributed by atoms with Crippen molar-refractivity contribution < 1.29 is 14.3 Å². The highest BCUT2D eigenvalue weighted by Gasteiger charge is 2.12. The van der Waals surface area contributed by atoms with Crippen LogP contribution < -0.4 is 20.6 Å². The number of nitrogens with one attached hydrogen (secondary N) is 1. The van der Waals surface area contributed by atoms with E-state index in [4.69, 9.17) is 15.2 Å². The average molecular weight is 439 g/mol. The summed E-state index contributed by atoms with van der Waals surface area (Å²) in [6.07, 6.45) is 1.50. The first-order valence-electron chi connectivity index (χ1n) is 7.31. The molecule has 0 aliphatic heterocycles. The van der Waals surface area contributed by atoms with E-state index in [-0.39, 0.29) is 0 Å². The van der Waals surface area contributed by atoms with Crippen LogP contribution in [0.4, 0.5) is 4.79 Å². The van der Waals surface area contributed by atoms with Crippen LogP contribution in [0.1, 0.15) is 18.1 Å². The van der Waals surface area contributed by atoms with Gasteiger partial charge >= 0.3 is 6.03 Å². The van der Waals surface area contributed by atoms with Gasteiger partial charge in [0, 0.05) is 0 Å². The van der Waals surface area contributed by atoms with Crippen LogP contribution in [-0.2, 0) is 6.61 Å². The largest absolute Gasteiger partial charge is 0.490 e. The number of primary amides is 1. The van der Waals surface area contributed by atoms with Crippen LogP contribution in [0.3, 0.4) is 0 Å². The molecule has 0 radical (unpaired) electrons. The van der Waals surface area contributed by atoms with E-state index in [1.807, 2.05) is 43.3 Å². The molecule has 0 unspecified atom stereocenters. The van der Waals surface area contributed by atoms with Gasteiger partial charge in [-0.15, -0.1) is 0 Å². The molecule has 24 heavy (non-hydrogen) atoms. The molecule has 0 saturated heterocycles. The number of nitrogens with two attached hydrogens (primary N) is 1. The lowest BCUT2D eigenvalue weighted by Gasteiger charge is -2.14. The summed E-state index contributed by atoms with van der Waals surface area (Å²) in [5.74, 6) is 1.31. The monoisotopic (exact) mass is 439 g/mol. The van der Waals surface area contributed by atoms with E-state index in [2.05, 4.69) is 33.1 Å². The lowest BCUT2D eigenvalue weighted by atomic mass is 10.2. The molecule has 0 aromatic heterocycles. The summed E-state index contributed by atoms with van der Waals surface area (Å²) in [4.78, 5) is 10.7. The number of hydrogen-bond donors (Lipinski definition) is 2. The van der Waals surface area contributed by atoms with E-state index >= 15 is 0 Å². The van der Waals surface area contributed by atoms with Gasteiger partial charge < -0.3 is 15.2 Å². The van der Waals surface area contributed by atoms with Crippen molar-refractivity contribution in [1.82, 2.24) is 5.43 Å². The standard InChI is InChI=1S/C17H18IN3O3/c1-2-23-15-9-13(10-20-21-17(19)22)8-14(18)16(15)24-11-12-6-4-3-5-7-12/h3-10H,2,11H2,1H3,(H3,19,21,22). The first-order valence-corrected chi connectivity index (χ1v) is 8.39. The minimum absolute atomic E-state index is 0.452. The van der Waals surface area contributed by atoms with Crippen LogP contribution >= 0.6 is 22.6 Å². The SMILES string of the molecule is CCOc1cc(C=NNC(N)=O)cc(I)c1OCc1ccccc1. The highest BCUT2D eigenvalue weighted by molar-refractivity contribution is 14.1. The molecule has 0 aliphatic carbocycles. The zero-order chi connectivity index (χ0) is 17.4. The fourth-order valence-corrected chi connectivity index (χ4v) is 2.75. The van der Waals surface area contributed by atoms with Gasteiger partial charge in [0.2, 0.25) is 0 Å². The van der Waals surface area contributed by atoms with E-state index in [1.165, 1.54) is 6.21 Å². The Hall–Kier alpha value is -2.29. The number of benzene rings is 2. The molecule has 7 heteroatoms. The molecule has 2 aromatic rings.